The van der Waals surface area contributed by atoms with E-state index in [9.17, 15) is 14.4 Å². The second-order valence-electron chi connectivity index (χ2n) is 6.14. The van der Waals surface area contributed by atoms with Crippen LogP contribution in [-0.2, 0) is 9.59 Å². The minimum Gasteiger partial charge on any atom is -0.481 e. The molecule has 1 amide bonds. The highest BCUT2D eigenvalue weighted by atomic mass is 35.5. The van der Waals surface area contributed by atoms with E-state index in [1.165, 1.54) is 0 Å². The van der Waals surface area contributed by atoms with Crippen molar-refractivity contribution >= 4 is 29.3 Å². The number of carbonyl (C=O) groups is 3. The fourth-order valence-electron chi connectivity index (χ4n) is 2.59. The van der Waals surface area contributed by atoms with Crippen LogP contribution in [0.2, 0.25) is 5.02 Å². The van der Waals surface area contributed by atoms with Crippen LogP contribution >= 0.6 is 11.6 Å². The number of nitrogens with zero attached hydrogens (tertiary/aromatic N) is 1. The van der Waals surface area contributed by atoms with Gasteiger partial charge in [0.25, 0.3) is 0 Å². The van der Waals surface area contributed by atoms with Gasteiger partial charge in [0.05, 0.1) is 5.02 Å². The minimum atomic E-state index is -0.893. The molecule has 5 nitrogen and oxygen atoms in total. The van der Waals surface area contributed by atoms with Crippen molar-refractivity contribution in [3.63, 3.8) is 0 Å². The maximum atomic E-state index is 12.3. The van der Waals surface area contributed by atoms with E-state index in [1.807, 2.05) is 19.9 Å². The fourth-order valence-corrected chi connectivity index (χ4v) is 2.93. The van der Waals surface area contributed by atoms with Crippen LogP contribution in [-0.4, -0.2) is 40.8 Å². The van der Waals surface area contributed by atoms with E-state index in [0.717, 1.165) is 12.0 Å². The molecule has 1 aromatic carbocycles. The normalized spacial score (nSPS) is 10.5. The largest absolute Gasteiger partial charge is 0.481 e. The molecule has 0 aliphatic rings. The molecule has 0 spiro atoms. The number of aryl methyl sites for hydroxylation is 1. The SMILES string of the molecule is CCCN(CCCC(=O)c1ccc(C)cc1Cl)C(=O)CCCC(=O)O. The molecule has 0 atom stereocenters. The smallest absolute Gasteiger partial charge is 0.303 e. The fraction of sp³-hybridized carbons (Fsp3) is 0.526. The molecule has 0 aromatic heterocycles. The summed E-state index contributed by atoms with van der Waals surface area (Å²) in [6, 6.07) is 5.36. The highest BCUT2D eigenvalue weighted by Gasteiger charge is 2.15. The topological polar surface area (TPSA) is 74.7 Å². The number of carbonyl (C=O) groups excluding carboxylic acids is 2. The van der Waals surface area contributed by atoms with Gasteiger partial charge in [0.1, 0.15) is 0 Å². The van der Waals surface area contributed by atoms with Gasteiger partial charge in [0.2, 0.25) is 5.91 Å². The van der Waals surface area contributed by atoms with E-state index in [0.29, 0.717) is 42.9 Å². The van der Waals surface area contributed by atoms with E-state index in [1.54, 1.807) is 17.0 Å². The number of aliphatic carboxylic acids is 1. The first kappa shape index (κ1) is 21.2. The number of hydrogen-bond donors (Lipinski definition) is 1. The standard InChI is InChI=1S/C19H26ClNO4/c1-3-11-21(18(23)7-4-8-19(24)25)12-5-6-17(22)15-10-9-14(2)13-16(15)20/h9-10,13H,3-8,11-12H2,1-2H3,(H,24,25). The summed E-state index contributed by atoms with van der Waals surface area (Å²) >= 11 is 6.12. The lowest BCUT2D eigenvalue weighted by atomic mass is 10.0. The monoisotopic (exact) mass is 367 g/mol. The zero-order valence-corrected chi connectivity index (χ0v) is 15.6. The predicted molar refractivity (Wildman–Crippen MR) is 98.1 cm³/mol. The molecular formula is C19H26ClNO4. The lowest BCUT2D eigenvalue weighted by molar-refractivity contribution is -0.137. The summed E-state index contributed by atoms with van der Waals surface area (Å²) in [7, 11) is 0. The number of rotatable bonds is 11. The van der Waals surface area contributed by atoms with Crippen molar-refractivity contribution in [2.24, 2.45) is 0 Å². The number of ketones is 1. The zero-order chi connectivity index (χ0) is 18.8. The van der Waals surface area contributed by atoms with Crippen molar-refractivity contribution in [2.75, 3.05) is 13.1 Å². The quantitative estimate of drug-likeness (QED) is 0.597. The van der Waals surface area contributed by atoms with Gasteiger partial charge in [0, 0.05) is 37.9 Å². The Morgan fingerprint density at radius 1 is 1.08 bits per heavy atom. The van der Waals surface area contributed by atoms with Crippen molar-refractivity contribution < 1.29 is 19.5 Å². The molecule has 0 bridgehead atoms. The summed E-state index contributed by atoms with van der Waals surface area (Å²) in [6.07, 6.45) is 2.27. The Bertz CT molecular complexity index is 615. The summed E-state index contributed by atoms with van der Waals surface area (Å²) in [5.74, 6) is -0.973. The Hall–Kier alpha value is -1.88. The summed E-state index contributed by atoms with van der Waals surface area (Å²) < 4.78 is 0. The molecule has 138 valence electrons. The summed E-state index contributed by atoms with van der Waals surface area (Å²) in [4.78, 5) is 36.7. The maximum Gasteiger partial charge on any atom is 0.303 e. The van der Waals surface area contributed by atoms with Crippen LogP contribution in [0, 0.1) is 6.92 Å². The van der Waals surface area contributed by atoms with Gasteiger partial charge in [0.15, 0.2) is 5.78 Å². The lowest BCUT2D eigenvalue weighted by Crippen LogP contribution is -2.32. The number of carboxylic acids is 1. The van der Waals surface area contributed by atoms with E-state index in [-0.39, 0.29) is 24.5 Å². The van der Waals surface area contributed by atoms with Crippen LogP contribution in [0.1, 0.15) is 61.4 Å². The van der Waals surface area contributed by atoms with Crippen molar-refractivity contribution in [3.05, 3.63) is 34.3 Å². The van der Waals surface area contributed by atoms with Gasteiger partial charge < -0.3 is 10.0 Å². The Balaban J connectivity index is 2.49. The highest BCUT2D eigenvalue weighted by molar-refractivity contribution is 6.34. The third-order valence-corrected chi connectivity index (χ3v) is 4.20. The molecule has 6 heteroatoms. The first-order valence-electron chi connectivity index (χ1n) is 8.64. The average molecular weight is 368 g/mol. The molecule has 0 heterocycles. The number of benzene rings is 1. The van der Waals surface area contributed by atoms with Crippen LogP contribution in [0.3, 0.4) is 0 Å². The predicted octanol–water partition coefficient (Wildman–Crippen LogP) is 4.10. The molecule has 0 unspecified atom stereocenters. The van der Waals surface area contributed by atoms with Gasteiger partial charge in [-0.15, -0.1) is 0 Å². The molecule has 0 aliphatic carbocycles. The van der Waals surface area contributed by atoms with Crippen LogP contribution in [0.15, 0.2) is 18.2 Å². The van der Waals surface area contributed by atoms with Gasteiger partial charge in [-0.2, -0.15) is 0 Å². The van der Waals surface area contributed by atoms with E-state index >= 15 is 0 Å². The molecule has 0 saturated carbocycles. The number of halogens is 1. The maximum absolute atomic E-state index is 12.3. The summed E-state index contributed by atoms with van der Waals surface area (Å²) in [5, 5.41) is 9.10. The third kappa shape index (κ3) is 7.69. The van der Waals surface area contributed by atoms with Crippen molar-refractivity contribution in [2.45, 2.75) is 52.4 Å². The molecule has 0 radical (unpaired) electrons. The first-order valence-corrected chi connectivity index (χ1v) is 9.01. The number of hydrogen-bond acceptors (Lipinski definition) is 3. The van der Waals surface area contributed by atoms with Crippen molar-refractivity contribution in [1.29, 1.82) is 0 Å². The molecular weight excluding hydrogens is 342 g/mol. The van der Waals surface area contributed by atoms with Gasteiger partial charge in [-0.05, 0) is 43.9 Å². The second kappa shape index (κ2) is 10.9. The average Bonchev–Trinajstić information content (AvgIpc) is 2.53. The van der Waals surface area contributed by atoms with Crippen LogP contribution in [0.5, 0.6) is 0 Å². The molecule has 0 saturated heterocycles. The van der Waals surface area contributed by atoms with Gasteiger partial charge >= 0.3 is 5.97 Å². The summed E-state index contributed by atoms with van der Waals surface area (Å²) in [6.45, 7) is 5.01. The van der Waals surface area contributed by atoms with Crippen molar-refractivity contribution in [1.82, 2.24) is 4.90 Å². The Kier molecular flexibility index (Phi) is 9.21. The summed E-state index contributed by atoms with van der Waals surface area (Å²) in [5.41, 5.74) is 1.52. The number of Topliss-reactive ketones (excluding diaryl/α,β-unsaturated/α-hetero) is 1. The first-order chi connectivity index (χ1) is 11.8. The lowest BCUT2D eigenvalue weighted by Gasteiger charge is -2.22. The van der Waals surface area contributed by atoms with Crippen LogP contribution in [0.4, 0.5) is 0 Å². The van der Waals surface area contributed by atoms with E-state index in [2.05, 4.69) is 0 Å². The van der Waals surface area contributed by atoms with Crippen molar-refractivity contribution in [3.8, 4) is 0 Å². The van der Waals surface area contributed by atoms with Crippen LogP contribution < -0.4 is 0 Å². The Labute approximate surface area is 154 Å². The van der Waals surface area contributed by atoms with E-state index < -0.39 is 5.97 Å². The molecule has 1 rings (SSSR count). The molecule has 1 aromatic rings. The second-order valence-corrected chi connectivity index (χ2v) is 6.55. The highest BCUT2D eigenvalue weighted by Crippen LogP contribution is 2.19. The van der Waals surface area contributed by atoms with Gasteiger partial charge in [-0.1, -0.05) is 24.6 Å². The Morgan fingerprint density at radius 2 is 1.80 bits per heavy atom. The number of carboxylic acid groups (broad SMARTS) is 1. The van der Waals surface area contributed by atoms with Gasteiger partial charge in [-0.25, -0.2) is 0 Å². The Morgan fingerprint density at radius 3 is 2.40 bits per heavy atom. The molecule has 1 N–H and O–H groups in total. The van der Waals surface area contributed by atoms with Crippen LogP contribution in [0.25, 0.3) is 0 Å². The molecule has 0 fully saturated rings. The zero-order valence-electron chi connectivity index (χ0n) is 14.9. The molecule has 25 heavy (non-hydrogen) atoms. The minimum absolute atomic E-state index is 0.00386. The van der Waals surface area contributed by atoms with E-state index in [4.69, 9.17) is 16.7 Å². The third-order valence-electron chi connectivity index (χ3n) is 3.88. The number of amides is 1. The molecule has 0 aliphatic heterocycles. The van der Waals surface area contributed by atoms with Gasteiger partial charge in [-0.3, -0.25) is 14.4 Å².